The van der Waals surface area contributed by atoms with Crippen LogP contribution >= 0.6 is 11.8 Å². The minimum atomic E-state index is -0.997. The second kappa shape index (κ2) is 14.4. The third-order valence-electron chi connectivity index (χ3n) is 7.24. The Morgan fingerprint density at radius 3 is 2.44 bits per heavy atom. The van der Waals surface area contributed by atoms with Crippen LogP contribution in [0, 0.1) is 0 Å². The Hall–Kier alpha value is -4.03. The van der Waals surface area contributed by atoms with Crippen molar-refractivity contribution in [3.8, 4) is 11.1 Å². The number of aliphatic hydroxyl groups excluding tert-OH is 1. The lowest BCUT2D eigenvalue weighted by Crippen LogP contribution is -2.31. The molecule has 3 N–H and O–H groups in total. The molecule has 5 rings (SSSR count). The summed E-state index contributed by atoms with van der Waals surface area (Å²) >= 11 is 1.59. The Balaban J connectivity index is 1.31. The van der Waals surface area contributed by atoms with Crippen LogP contribution in [0.15, 0.2) is 84.3 Å². The number of amides is 1. The van der Waals surface area contributed by atoms with Crippen LogP contribution in [0.3, 0.4) is 0 Å². The lowest BCUT2D eigenvalue weighted by molar-refractivity contribution is -0.245. The first-order valence-corrected chi connectivity index (χ1v) is 15.0. The predicted molar refractivity (Wildman–Crippen MR) is 161 cm³/mol. The monoisotopic (exact) mass is 602 g/mol. The first-order valence-electron chi connectivity index (χ1n) is 14.0. The second-order valence-corrected chi connectivity index (χ2v) is 11.3. The molecule has 1 aromatic heterocycles. The van der Waals surface area contributed by atoms with Crippen LogP contribution < -0.4 is 5.32 Å². The Bertz CT molecular complexity index is 1530. The van der Waals surface area contributed by atoms with Gasteiger partial charge in [-0.05, 0) is 27.8 Å². The molecule has 0 aliphatic carbocycles. The molecule has 0 bridgehead atoms. The van der Waals surface area contributed by atoms with E-state index in [0.29, 0.717) is 18.7 Å². The van der Waals surface area contributed by atoms with Crippen LogP contribution in [0.1, 0.15) is 53.9 Å². The van der Waals surface area contributed by atoms with Crippen LogP contribution in [0.25, 0.3) is 11.1 Å². The van der Waals surface area contributed by atoms with E-state index < -0.39 is 12.3 Å². The molecule has 3 atom stereocenters. The molecule has 2 heterocycles. The van der Waals surface area contributed by atoms with Crippen molar-refractivity contribution in [1.82, 2.24) is 20.1 Å². The third-order valence-corrected chi connectivity index (χ3v) is 8.40. The van der Waals surface area contributed by atoms with Gasteiger partial charge in [0.15, 0.2) is 11.4 Å². The van der Waals surface area contributed by atoms with Crippen molar-refractivity contribution in [2.24, 2.45) is 7.05 Å². The highest BCUT2D eigenvalue weighted by molar-refractivity contribution is 7.99. The summed E-state index contributed by atoms with van der Waals surface area (Å²) in [7, 11) is 1.91. The van der Waals surface area contributed by atoms with Gasteiger partial charge >= 0.3 is 5.97 Å². The number of thioether (sulfide) groups is 1. The van der Waals surface area contributed by atoms with Gasteiger partial charge in [-0.3, -0.25) is 9.59 Å². The van der Waals surface area contributed by atoms with Crippen molar-refractivity contribution < 1.29 is 29.3 Å². The fraction of sp³-hybridized carbons (Fsp3) is 0.312. The third kappa shape index (κ3) is 8.08. The number of nitrogens with zero attached hydrogens (tertiary/aromatic N) is 3. The number of benzene rings is 3. The molecular formula is C32H34N4O6S. The topological polar surface area (TPSA) is 136 Å². The van der Waals surface area contributed by atoms with Crippen molar-refractivity contribution in [2.45, 2.75) is 56.1 Å². The SMILES string of the molecule is Cn1cnnc1SCC1CC(c2ccc(CO)cc2)OC(c2ccc(-c3ccccc3CNC(=O)CCC(=O)O)cc2)O1. The molecule has 1 aliphatic heterocycles. The number of hydrogen-bond donors (Lipinski definition) is 3. The number of hydrogen-bond acceptors (Lipinski definition) is 8. The van der Waals surface area contributed by atoms with E-state index in [1.807, 2.05) is 84.4 Å². The van der Waals surface area contributed by atoms with Gasteiger partial charge in [-0.25, -0.2) is 0 Å². The number of nitrogens with one attached hydrogen (secondary N) is 1. The van der Waals surface area contributed by atoms with Crippen molar-refractivity contribution in [2.75, 3.05) is 5.75 Å². The summed E-state index contributed by atoms with van der Waals surface area (Å²) in [6, 6.07) is 23.6. The minimum Gasteiger partial charge on any atom is -0.481 e. The summed E-state index contributed by atoms with van der Waals surface area (Å²) in [4.78, 5) is 22.9. The largest absolute Gasteiger partial charge is 0.481 e. The summed E-state index contributed by atoms with van der Waals surface area (Å²) < 4.78 is 14.8. The summed E-state index contributed by atoms with van der Waals surface area (Å²) in [6.07, 6.45) is 1.21. The number of aromatic nitrogens is 3. The standard InChI is InChI=1S/C32H34N4O6S/c1-36-20-34-35-32(36)43-19-26-16-28(23-8-6-21(18-37)7-9-23)42-31(41-26)24-12-10-22(11-13-24)27-5-3-2-4-25(27)17-33-29(38)14-15-30(39)40/h2-13,20,26,28,31,37H,14-19H2,1H3,(H,33,38)(H,39,40). The molecule has 224 valence electrons. The molecule has 0 spiro atoms. The number of carboxylic acid groups (broad SMARTS) is 1. The van der Waals surface area contributed by atoms with Gasteiger partial charge in [-0.1, -0.05) is 84.6 Å². The van der Waals surface area contributed by atoms with Crippen molar-refractivity contribution in [3.63, 3.8) is 0 Å². The van der Waals surface area contributed by atoms with E-state index >= 15 is 0 Å². The van der Waals surface area contributed by atoms with Gasteiger partial charge in [0.1, 0.15) is 6.33 Å². The quantitative estimate of drug-likeness (QED) is 0.196. The van der Waals surface area contributed by atoms with E-state index in [1.54, 1.807) is 18.1 Å². The zero-order valence-electron chi connectivity index (χ0n) is 23.8. The molecule has 43 heavy (non-hydrogen) atoms. The zero-order valence-corrected chi connectivity index (χ0v) is 24.6. The highest BCUT2D eigenvalue weighted by Crippen LogP contribution is 2.39. The number of carbonyl (C=O) groups is 2. The van der Waals surface area contributed by atoms with Crippen LogP contribution in [-0.2, 0) is 39.3 Å². The van der Waals surface area contributed by atoms with Crippen molar-refractivity contribution in [3.05, 3.63) is 101 Å². The Morgan fingerprint density at radius 2 is 1.74 bits per heavy atom. The number of carbonyl (C=O) groups excluding carboxylic acids is 1. The van der Waals surface area contributed by atoms with Gasteiger partial charge in [-0.2, -0.15) is 0 Å². The van der Waals surface area contributed by atoms with Gasteiger partial charge in [0.2, 0.25) is 5.91 Å². The first-order chi connectivity index (χ1) is 20.9. The Morgan fingerprint density at radius 1 is 1.00 bits per heavy atom. The van der Waals surface area contributed by atoms with Crippen LogP contribution in [0.2, 0.25) is 0 Å². The van der Waals surface area contributed by atoms with E-state index in [1.165, 1.54) is 0 Å². The van der Waals surface area contributed by atoms with Crippen LogP contribution in [0.4, 0.5) is 0 Å². The molecular weight excluding hydrogens is 568 g/mol. The van der Waals surface area contributed by atoms with Gasteiger partial charge in [0.25, 0.3) is 0 Å². The van der Waals surface area contributed by atoms with Gasteiger partial charge in [0, 0.05) is 37.8 Å². The van der Waals surface area contributed by atoms with Gasteiger partial charge in [0.05, 0.1) is 25.2 Å². The average molecular weight is 603 g/mol. The molecule has 1 fully saturated rings. The number of carboxylic acids is 1. The van der Waals surface area contributed by atoms with Crippen LogP contribution in [-0.4, -0.2) is 48.7 Å². The number of aliphatic hydroxyl groups is 1. The van der Waals surface area contributed by atoms with E-state index in [2.05, 4.69) is 15.5 Å². The minimum absolute atomic E-state index is 0.0128. The summed E-state index contributed by atoms with van der Waals surface area (Å²) in [6.45, 7) is 0.286. The maximum Gasteiger partial charge on any atom is 0.303 e. The number of aryl methyl sites for hydroxylation is 1. The molecule has 3 aromatic carbocycles. The smallest absolute Gasteiger partial charge is 0.303 e. The Kier molecular flexibility index (Phi) is 10.2. The normalized spacial score (nSPS) is 18.3. The molecule has 3 unspecified atom stereocenters. The number of aliphatic carboxylic acids is 1. The molecule has 4 aromatic rings. The first kappa shape index (κ1) is 30.4. The lowest BCUT2D eigenvalue weighted by atomic mass is 9.97. The van der Waals surface area contributed by atoms with E-state index in [9.17, 15) is 14.7 Å². The van der Waals surface area contributed by atoms with Crippen LogP contribution in [0.5, 0.6) is 0 Å². The maximum absolute atomic E-state index is 12.1. The molecule has 10 nitrogen and oxygen atoms in total. The van der Waals surface area contributed by atoms with E-state index in [-0.39, 0.29) is 37.6 Å². The van der Waals surface area contributed by atoms with Gasteiger partial charge in [-0.15, -0.1) is 10.2 Å². The van der Waals surface area contributed by atoms with E-state index in [4.69, 9.17) is 14.6 Å². The highest BCUT2D eigenvalue weighted by Gasteiger charge is 2.32. The fourth-order valence-corrected chi connectivity index (χ4v) is 5.78. The van der Waals surface area contributed by atoms with Gasteiger partial charge < -0.3 is 29.6 Å². The molecule has 0 radical (unpaired) electrons. The zero-order chi connectivity index (χ0) is 30.2. The molecule has 11 heteroatoms. The predicted octanol–water partition coefficient (Wildman–Crippen LogP) is 4.79. The second-order valence-electron chi connectivity index (χ2n) is 10.3. The number of rotatable bonds is 12. The molecule has 0 saturated carbocycles. The molecule has 1 aliphatic rings. The number of ether oxygens (including phenoxy) is 2. The fourth-order valence-electron chi connectivity index (χ4n) is 4.87. The van der Waals surface area contributed by atoms with Crippen molar-refractivity contribution >= 4 is 23.6 Å². The lowest BCUT2D eigenvalue weighted by Gasteiger charge is -2.36. The molecule has 1 amide bonds. The summed E-state index contributed by atoms with van der Waals surface area (Å²) in [5.74, 6) is -0.615. The molecule has 1 saturated heterocycles. The summed E-state index contributed by atoms with van der Waals surface area (Å²) in [5.41, 5.74) is 5.62. The summed E-state index contributed by atoms with van der Waals surface area (Å²) in [5, 5.41) is 30.1. The average Bonchev–Trinajstić information content (AvgIpc) is 3.46. The van der Waals surface area contributed by atoms with Crippen molar-refractivity contribution in [1.29, 1.82) is 0 Å². The van der Waals surface area contributed by atoms with E-state index in [0.717, 1.165) is 38.5 Å². The Labute approximate surface area is 254 Å². The highest BCUT2D eigenvalue weighted by atomic mass is 32.2. The maximum atomic E-state index is 12.1.